The van der Waals surface area contributed by atoms with E-state index in [9.17, 15) is 14.9 Å². The van der Waals surface area contributed by atoms with Crippen LogP contribution in [-0.4, -0.2) is 15.8 Å². The van der Waals surface area contributed by atoms with E-state index in [1.54, 1.807) is 24.3 Å². The van der Waals surface area contributed by atoms with Crippen LogP contribution in [-0.2, 0) is 4.79 Å². The average Bonchev–Trinajstić information content (AvgIpc) is 3.22. The van der Waals surface area contributed by atoms with Crippen LogP contribution in [0.3, 0.4) is 0 Å². The number of non-ortho nitro benzene ring substituents is 1. The van der Waals surface area contributed by atoms with Gasteiger partial charge in [-0.05, 0) is 35.9 Å². The molecule has 0 spiro atoms. The Labute approximate surface area is 155 Å². The number of aromatic nitrogens is 1. The molecular formula is C16H10ClN3O3S2. The molecule has 0 unspecified atom stereocenters. The number of benzene rings is 1. The molecule has 25 heavy (non-hydrogen) atoms. The van der Waals surface area contributed by atoms with Gasteiger partial charge in [0.15, 0.2) is 5.13 Å². The first-order chi connectivity index (χ1) is 12.0. The molecule has 6 nitrogen and oxygen atoms in total. The second-order valence-electron chi connectivity index (χ2n) is 4.81. The Morgan fingerprint density at radius 2 is 2.00 bits per heavy atom. The lowest BCUT2D eigenvalue weighted by molar-refractivity contribution is -0.384. The van der Waals surface area contributed by atoms with Gasteiger partial charge >= 0.3 is 0 Å². The van der Waals surface area contributed by atoms with Crippen molar-refractivity contribution in [1.82, 2.24) is 4.98 Å². The molecular weight excluding hydrogens is 382 g/mol. The van der Waals surface area contributed by atoms with Gasteiger partial charge in [0.2, 0.25) is 5.91 Å². The molecule has 0 radical (unpaired) electrons. The van der Waals surface area contributed by atoms with E-state index in [0.29, 0.717) is 15.0 Å². The van der Waals surface area contributed by atoms with Crippen molar-refractivity contribution >= 4 is 57.1 Å². The van der Waals surface area contributed by atoms with Crippen LogP contribution in [0.2, 0.25) is 4.34 Å². The first kappa shape index (κ1) is 17.3. The molecule has 0 aliphatic rings. The van der Waals surface area contributed by atoms with E-state index < -0.39 is 4.92 Å². The Hall–Kier alpha value is -2.55. The van der Waals surface area contributed by atoms with Gasteiger partial charge in [0.1, 0.15) is 0 Å². The summed E-state index contributed by atoms with van der Waals surface area (Å²) in [5, 5.41) is 15.6. The molecule has 0 aliphatic heterocycles. The third-order valence-electron chi connectivity index (χ3n) is 3.09. The van der Waals surface area contributed by atoms with Crippen molar-refractivity contribution in [3.8, 4) is 10.6 Å². The van der Waals surface area contributed by atoms with Crippen LogP contribution in [0.1, 0.15) is 5.56 Å². The highest BCUT2D eigenvalue weighted by molar-refractivity contribution is 7.20. The van der Waals surface area contributed by atoms with Crippen LogP contribution in [0, 0.1) is 10.1 Å². The van der Waals surface area contributed by atoms with E-state index in [4.69, 9.17) is 11.6 Å². The number of nitrogens with zero attached hydrogens (tertiary/aromatic N) is 2. The summed E-state index contributed by atoms with van der Waals surface area (Å²) >= 11 is 8.65. The number of carbonyl (C=O) groups excluding carboxylic acids is 1. The highest BCUT2D eigenvalue weighted by Gasteiger charge is 2.08. The van der Waals surface area contributed by atoms with E-state index >= 15 is 0 Å². The van der Waals surface area contributed by atoms with Crippen LogP contribution in [0.4, 0.5) is 10.8 Å². The second kappa shape index (κ2) is 7.56. The number of carbonyl (C=O) groups is 1. The lowest BCUT2D eigenvalue weighted by Crippen LogP contribution is -2.07. The van der Waals surface area contributed by atoms with Gasteiger partial charge in [-0.25, -0.2) is 4.98 Å². The normalized spacial score (nSPS) is 10.9. The fraction of sp³-hybridized carbons (Fsp3) is 0. The summed E-state index contributed by atoms with van der Waals surface area (Å²) < 4.78 is 0.680. The number of nitro benzene ring substituents is 1. The number of amides is 1. The Balaban J connectivity index is 1.62. The molecule has 1 aromatic carbocycles. The molecule has 9 heteroatoms. The van der Waals surface area contributed by atoms with Gasteiger partial charge in [0.05, 0.1) is 19.8 Å². The summed E-state index contributed by atoms with van der Waals surface area (Å²) in [4.78, 5) is 27.4. The van der Waals surface area contributed by atoms with Gasteiger partial charge in [-0.1, -0.05) is 11.6 Å². The molecule has 2 aromatic heterocycles. The maximum absolute atomic E-state index is 12.0. The Morgan fingerprint density at radius 3 is 2.64 bits per heavy atom. The average molecular weight is 392 g/mol. The van der Waals surface area contributed by atoms with E-state index in [-0.39, 0.29) is 11.6 Å². The predicted octanol–water partition coefficient (Wildman–Crippen LogP) is 5.09. The molecule has 0 saturated carbocycles. The number of hydrogen-bond acceptors (Lipinski definition) is 6. The Kier molecular flexibility index (Phi) is 5.22. The number of rotatable bonds is 5. The number of nitrogens with one attached hydrogen (secondary N) is 1. The molecule has 0 fully saturated rings. The van der Waals surface area contributed by atoms with Crippen molar-refractivity contribution in [2.45, 2.75) is 0 Å². The molecule has 126 valence electrons. The number of thiophene rings is 1. The zero-order valence-electron chi connectivity index (χ0n) is 12.5. The largest absolute Gasteiger partial charge is 0.298 e. The van der Waals surface area contributed by atoms with E-state index in [0.717, 1.165) is 10.6 Å². The van der Waals surface area contributed by atoms with Gasteiger partial charge in [0, 0.05) is 23.6 Å². The highest BCUT2D eigenvalue weighted by atomic mass is 35.5. The van der Waals surface area contributed by atoms with Gasteiger partial charge in [-0.3, -0.25) is 20.2 Å². The van der Waals surface area contributed by atoms with Crippen LogP contribution < -0.4 is 5.32 Å². The summed E-state index contributed by atoms with van der Waals surface area (Å²) in [7, 11) is 0. The standard InChI is InChI=1S/C16H10ClN3O3S2/c17-14-7-6-13(25-14)12-9-24-16(18-12)19-15(21)8-3-10-1-4-11(5-2-10)20(22)23/h1-9H,(H,18,19,21)/b8-3+. The Bertz CT molecular complexity index is 948. The molecule has 3 aromatic rings. The van der Waals surface area contributed by atoms with E-state index in [1.807, 2.05) is 11.4 Å². The molecule has 0 bridgehead atoms. The summed E-state index contributed by atoms with van der Waals surface area (Å²) in [6.07, 6.45) is 2.93. The minimum absolute atomic E-state index is 0.00518. The number of nitro groups is 1. The van der Waals surface area contributed by atoms with Crippen LogP contribution in [0.25, 0.3) is 16.6 Å². The topological polar surface area (TPSA) is 85.1 Å². The zero-order valence-corrected chi connectivity index (χ0v) is 14.9. The number of hydrogen-bond donors (Lipinski definition) is 1. The van der Waals surface area contributed by atoms with Crippen molar-refractivity contribution in [1.29, 1.82) is 0 Å². The predicted molar refractivity (Wildman–Crippen MR) is 101 cm³/mol. The lowest BCUT2D eigenvalue weighted by Gasteiger charge is -1.96. The van der Waals surface area contributed by atoms with Crippen molar-refractivity contribution in [3.05, 3.63) is 67.9 Å². The second-order valence-corrected chi connectivity index (χ2v) is 7.39. The molecule has 2 heterocycles. The fourth-order valence-electron chi connectivity index (χ4n) is 1.92. The summed E-state index contributed by atoms with van der Waals surface area (Å²) in [6, 6.07) is 9.59. The molecule has 0 aliphatic carbocycles. The van der Waals surface area contributed by atoms with Gasteiger partial charge in [0.25, 0.3) is 5.69 Å². The zero-order chi connectivity index (χ0) is 17.8. The summed E-state index contributed by atoms with van der Waals surface area (Å²) in [5.74, 6) is -0.330. The molecule has 1 amide bonds. The maximum atomic E-state index is 12.0. The lowest BCUT2D eigenvalue weighted by atomic mass is 10.2. The van der Waals surface area contributed by atoms with Crippen molar-refractivity contribution in [2.24, 2.45) is 0 Å². The quantitative estimate of drug-likeness (QED) is 0.373. The monoisotopic (exact) mass is 391 g/mol. The highest BCUT2D eigenvalue weighted by Crippen LogP contribution is 2.32. The molecule has 0 atom stereocenters. The number of halogens is 1. The van der Waals surface area contributed by atoms with Crippen LogP contribution in [0.15, 0.2) is 47.9 Å². The molecule has 3 rings (SSSR count). The Morgan fingerprint density at radius 1 is 1.24 bits per heavy atom. The third-order valence-corrected chi connectivity index (χ3v) is 5.10. The minimum Gasteiger partial charge on any atom is -0.298 e. The van der Waals surface area contributed by atoms with Gasteiger partial charge in [-0.15, -0.1) is 22.7 Å². The number of anilines is 1. The minimum atomic E-state index is -0.471. The third kappa shape index (κ3) is 4.50. The van der Waals surface area contributed by atoms with Crippen LogP contribution >= 0.6 is 34.3 Å². The SMILES string of the molecule is O=C(/C=C/c1ccc([N+](=O)[O-])cc1)Nc1nc(-c2ccc(Cl)s2)cs1. The smallest absolute Gasteiger partial charge is 0.269 e. The first-order valence-corrected chi connectivity index (χ1v) is 9.03. The summed E-state index contributed by atoms with van der Waals surface area (Å²) in [5.41, 5.74) is 1.45. The first-order valence-electron chi connectivity index (χ1n) is 6.96. The molecule has 0 saturated heterocycles. The number of thiazole rings is 1. The van der Waals surface area contributed by atoms with E-state index in [1.165, 1.54) is 40.9 Å². The van der Waals surface area contributed by atoms with Gasteiger partial charge in [-0.2, -0.15) is 0 Å². The maximum Gasteiger partial charge on any atom is 0.269 e. The van der Waals surface area contributed by atoms with Crippen LogP contribution in [0.5, 0.6) is 0 Å². The van der Waals surface area contributed by atoms with Crippen molar-refractivity contribution in [3.63, 3.8) is 0 Å². The fourth-order valence-corrected chi connectivity index (χ4v) is 3.71. The van der Waals surface area contributed by atoms with E-state index in [2.05, 4.69) is 10.3 Å². The van der Waals surface area contributed by atoms with Gasteiger partial charge < -0.3 is 0 Å². The van der Waals surface area contributed by atoms with Crippen molar-refractivity contribution in [2.75, 3.05) is 5.32 Å². The molecule has 1 N–H and O–H groups in total. The summed E-state index contributed by atoms with van der Waals surface area (Å²) in [6.45, 7) is 0. The van der Waals surface area contributed by atoms with Crippen molar-refractivity contribution < 1.29 is 9.72 Å².